The summed E-state index contributed by atoms with van der Waals surface area (Å²) in [7, 11) is 0. The van der Waals surface area contributed by atoms with E-state index in [2.05, 4.69) is 10.1 Å². The minimum absolute atomic E-state index is 0.160. The zero-order chi connectivity index (χ0) is 25.0. The Morgan fingerprint density at radius 3 is 2.46 bits per heavy atom. The summed E-state index contributed by atoms with van der Waals surface area (Å²) in [5.74, 6) is 1.18. The van der Waals surface area contributed by atoms with Gasteiger partial charge in [-0.1, -0.05) is 52.6 Å². The molecule has 0 bridgehead atoms. The van der Waals surface area contributed by atoms with Crippen LogP contribution in [-0.4, -0.2) is 26.5 Å². The molecule has 4 aromatic rings. The third kappa shape index (κ3) is 6.21. The van der Waals surface area contributed by atoms with E-state index in [1.807, 2.05) is 63.2 Å². The number of carbonyl (C=O) groups excluding carboxylic acids is 1. The highest BCUT2D eigenvalue weighted by atomic mass is 35.5. The Morgan fingerprint density at radius 2 is 1.74 bits per heavy atom. The van der Waals surface area contributed by atoms with E-state index in [9.17, 15) is 4.79 Å². The Kier molecular flexibility index (Phi) is 7.43. The van der Waals surface area contributed by atoms with Gasteiger partial charge in [0.1, 0.15) is 18.9 Å². The van der Waals surface area contributed by atoms with Crippen molar-refractivity contribution in [1.82, 2.24) is 15.0 Å². The molecule has 0 spiro atoms. The summed E-state index contributed by atoms with van der Waals surface area (Å²) in [6, 6.07) is 21.7. The number of carbonyl (C=O) groups is 1. The van der Waals surface area contributed by atoms with E-state index in [1.165, 1.54) is 0 Å². The highest BCUT2D eigenvalue weighted by molar-refractivity contribution is 6.31. The molecule has 0 fully saturated rings. The average molecular weight is 510 g/mol. The maximum absolute atomic E-state index is 13.5. The first-order valence-electron chi connectivity index (χ1n) is 11.1. The summed E-state index contributed by atoms with van der Waals surface area (Å²) in [5.41, 5.74) is 1.64. The first-order chi connectivity index (χ1) is 16.7. The Hall–Kier alpha value is -3.35. The normalized spacial score (nSPS) is 11.3. The summed E-state index contributed by atoms with van der Waals surface area (Å²) >= 11 is 12.2. The second-order valence-electron chi connectivity index (χ2n) is 8.99. The van der Waals surface area contributed by atoms with Crippen LogP contribution in [0, 0.1) is 0 Å². The zero-order valence-electron chi connectivity index (χ0n) is 19.7. The standard InChI is InChI=1S/C27H25Cl2N3O3/c1-27(2,3)32(16-24-30-25(31-35-24)18-11-13-21(28)14-12-18)26(33)19-8-6-9-22(15-19)34-17-20-7-4-5-10-23(20)29/h4-15H,16-17H2,1-3H3. The molecule has 0 aliphatic rings. The molecule has 0 saturated heterocycles. The second-order valence-corrected chi connectivity index (χ2v) is 9.83. The molecule has 1 aromatic heterocycles. The molecule has 0 aliphatic carbocycles. The summed E-state index contributed by atoms with van der Waals surface area (Å²) in [5, 5.41) is 5.32. The van der Waals surface area contributed by atoms with Gasteiger partial charge in [0.05, 0.1) is 0 Å². The molecule has 0 N–H and O–H groups in total. The molecule has 0 atom stereocenters. The topological polar surface area (TPSA) is 68.5 Å². The largest absolute Gasteiger partial charge is 0.489 e. The summed E-state index contributed by atoms with van der Waals surface area (Å²) in [6.07, 6.45) is 0. The molecule has 8 heteroatoms. The Labute approximate surface area is 214 Å². The molecule has 0 saturated carbocycles. The average Bonchev–Trinajstić information content (AvgIpc) is 3.30. The van der Waals surface area contributed by atoms with Crippen molar-refractivity contribution in [1.29, 1.82) is 0 Å². The van der Waals surface area contributed by atoms with E-state index in [-0.39, 0.29) is 12.5 Å². The summed E-state index contributed by atoms with van der Waals surface area (Å²) in [4.78, 5) is 19.7. The van der Waals surface area contributed by atoms with Crippen molar-refractivity contribution in [3.63, 3.8) is 0 Å². The first kappa shape index (κ1) is 24.8. The van der Waals surface area contributed by atoms with Crippen molar-refractivity contribution in [2.75, 3.05) is 0 Å². The third-order valence-electron chi connectivity index (χ3n) is 5.35. The van der Waals surface area contributed by atoms with Crippen LogP contribution in [0.3, 0.4) is 0 Å². The van der Waals surface area contributed by atoms with Gasteiger partial charge in [0.2, 0.25) is 11.7 Å². The maximum atomic E-state index is 13.5. The minimum atomic E-state index is -0.500. The smallest absolute Gasteiger partial charge is 0.254 e. The van der Waals surface area contributed by atoms with Gasteiger partial charge in [0.25, 0.3) is 5.91 Å². The van der Waals surface area contributed by atoms with Crippen LogP contribution in [0.1, 0.15) is 42.6 Å². The van der Waals surface area contributed by atoms with Crippen LogP contribution in [0.25, 0.3) is 11.4 Å². The lowest BCUT2D eigenvalue weighted by atomic mass is 10.0. The monoisotopic (exact) mass is 509 g/mol. The Balaban J connectivity index is 1.51. The van der Waals surface area contributed by atoms with Gasteiger partial charge < -0.3 is 14.2 Å². The van der Waals surface area contributed by atoms with Crippen LogP contribution in [0.15, 0.2) is 77.3 Å². The van der Waals surface area contributed by atoms with E-state index in [4.69, 9.17) is 32.5 Å². The van der Waals surface area contributed by atoms with E-state index in [0.717, 1.165) is 11.1 Å². The van der Waals surface area contributed by atoms with Crippen LogP contribution in [0.5, 0.6) is 5.75 Å². The van der Waals surface area contributed by atoms with Gasteiger partial charge in [-0.2, -0.15) is 4.98 Å². The number of ether oxygens (including phenoxy) is 1. The molecule has 0 aliphatic heterocycles. The van der Waals surface area contributed by atoms with Crippen LogP contribution in [0.4, 0.5) is 0 Å². The van der Waals surface area contributed by atoms with Gasteiger partial charge in [0, 0.05) is 32.3 Å². The van der Waals surface area contributed by atoms with Crippen LogP contribution >= 0.6 is 23.2 Å². The van der Waals surface area contributed by atoms with Crippen molar-refractivity contribution >= 4 is 29.1 Å². The molecule has 1 amide bonds. The predicted octanol–water partition coefficient (Wildman–Crippen LogP) is 7.06. The van der Waals surface area contributed by atoms with Gasteiger partial charge in [-0.15, -0.1) is 0 Å². The molecule has 3 aromatic carbocycles. The molecule has 180 valence electrons. The number of amides is 1. The van der Waals surface area contributed by atoms with E-state index >= 15 is 0 Å². The predicted molar refractivity (Wildman–Crippen MR) is 137 cm³/mol. The number of benzene rings is 3. The lowest BCUT2D eigenvalue weighted by Crippen LogP contribution is -2.45. The van der Waals surface area contributed by atoms with Crippen LogP contribution < -0.4 is 4.74 Å². The third-order valence-corrected chi connectivity index (χ3v) is 5.97. The van der Waals surface area contributed by atoms with Gasteiger partial charge in [-0.3, -0.25) is 4.79 Å². The Bertz CT molecular complexity index is 1310. The molecular formula is C27H25Cl2N3O3. The molecule has 35 heavy (non-hydrogen) atoms. The lowest BCUT2D eigenvalue weighted by molar-refractivity contribution is 0.0526. The molecule has 1 heterocycles. The minimum Gasteiger partial charge on any atom is -0.489 e. The SMILES string of the molecule is CC(C)(C)N(Cc1nc(-c2ccc(Cl)cc2)no1)C(=O)c1cccc(OCc2ccccc2Cl)c1. The van der Waals surface area contributed by atoms with Gasteiger partial charge >= 0.3 is 0 Å². The second kappa shape index (κ2) is 10.5. The van der Waals surface area contributed by atoms with Gasteiger partial charge in [-0.05, 0) is 69.3 Å². The molecule has 0 unspecified atom stereocenters. The van der Waals surface area contributed by atoms with Crippen molar-refractivity contribution in [3.05, 3.63) is 99.9 Å². The highest BCUT2D eigenvalue weighted by Crippen LogP contribution is 2.25. The number of rotatable bonds is 7. The number of hydrogen-bond acceptors (Lipinski definition) is 5. The lowest BCUT2D eigenvalue weighted by Gasteiger charge is -2.34. The number of nitrogens with zero attached hydrogens (tertiary/aromatic N) is 3. The van der Waals surface area contributed by atoms with E-state index < -0.39 is 5.54 Å². The molecule has 0 radical (unpaired) electrons. The van der Waals surface area contributed by atoms with Crippen LogP contribution in [0.2, 0.25) is 10.0 Å². The summed E-state index contributed by atoms with van der Waals surface area (Å²) < 4.78 is 11.4. The number of halogens is 2. The van der Waals surface area contributed by atoms with E-state index in [1.54, 1.807) is 35.2 Å². The first-order valence-corrected chi connectivity index (χ1v) is 11.8. The fraction of sp³-hybridized carbons (Fsp3) is 0.222. The van der Waals surface area contributed by atoms with E-state index in [0.29, 0.717) is 39.7 Å². The van der Waals surface area contributed by atoms with Gasteiger partial charge in [0.15, 0.2) is 0 Å². The highest BCUT2D eigenvalue weighted by Gasteiger charge is 2.29. The number of aromatic nitrogens is 2. The maximum Gasteiger partial charge on any atom is 0.254 e. The number of hydrogen-bond donors (Lipinski definition) is 0. The summed E-state index contributed by atoms with van der Waals surface area (Å²) in [6.45, 7) is 6.33. The molecule has 4 rings (SSSR count). The van der Waals surface area contributed by atoms with Crippen LogP contribution in [-0.2, 0) is 13.2 Å². The molecular weight excluding hydrogens is 485 g/mol. The van der Waals surface area contributed by atoms with Gasteiger partial charge in [-0.25, -0.2) is 0 Å². The fourth-order valence-corrected chi connectivity index (χ4v) is 3.75. The van der Waals surface area contributed by atoms with Crippen molar-refractivity contribution < 1.29 is 14.1 Å². The zero-order valence-corrected chi connectivity index (χ0v) is 21.2. The van der Waals surface area contributed by atoms with Crippen molar-refractivity contribution in [3.8, 4) is 17.1 Å². The fourth-order valence-electron chi connectivity index (χ4n) is 3.44. The van der Waals surface area contributed by atoms with Crippen molar-refractivity contribution in [2.24, 2.45) is 0 Å². The van der Waals surface area contributed by atoms with Crippen molar-refractivity contribution in [2.45, 2.75) is 39.5 Å². The quantitative estimate of drug-likeness (QED) is 0.266. The molecule has 6 nitrogen and oxygen atoms in total. The Morgan fingerprint density at radius 1 is 1.00 bits per heavy atom.